The van der Waals surface area contributed by atoms with Crippen LogP contribution in [0.4, 0.5) is 0 Å². The predicted octanol–water partition coefficient (Wildman–Crippen LogP) is 0.00570. The van der Waals surface area contributed by atoms with Crippen molar-refractivity contribution in [1.29, 1.82) is 0 Å². The van der Waals surface area contributed by atoms with Gasteiger partial charge in [-0.2, -0.15) is 0 Å². The molecule has 0 heterocycles. The molecule has 1 N–H and O–H groups in total. The number of hydroxylamine groups is 1. The minimum absolute atomic E-state index is 0.164. The molecule has 0 aliphatic rings. The Bertz CT molecular complexity index is 167. The Kier molecular flexibility index (Phi) is 5.03. The van der Waals surface area contributed by atoms with Crippen LogP contribution in [0.5, 0.6) is 0 Å². The van der Waals surface area contributed by atoms with Gasteiger partial charge in [0.1, 0.15) is 0 Å². The lowest BCUT2D eigenvalue weighted by Gasteiger charge is -2.06. The number of rotatable bonds is 3. The SMILES string of the molecule is CCOC(=O)C(=O)NOC(C)C. The van der Waals surface area contributed by atoms with Crippen LogP contribution in [0.1, 0.15) is 20.8 Å². The molecule has 12 heavy (non-hydrogen) atoms. The molecule has 0 radical (unpaired) electrons. The van der Waals surface area contributed by atoms with Crippen LogP contribution in [-0.4, -0.2) is 24.6 Å². The van der Waals surface area contributed by atoms with E-state index < -0.39 is 11.9 Å². The van der Waals surface area contributed by atoms with Crippen molar-refractivity contribution in [2.24, 2.45) is 0 Å². The first kappa shape index (κ1) is 10.9. The van der Waals surface area contributed by atoms with Gasteiger partial charge in [-0.3, -0.25) is 9.63 Å². The topological polar surface area (TPSA) is 64.6 Å². The molecule has 1 amide bonds. The van der Waals surface area contributed by atoms with E-state index in [-0.39, 0.29) is 12.7 Å². The third-order valence-corrected chi connectivity index (χ3v) is 0.848. The summed E-state index contributed by atoms with van der Waals surface area (Å²) in [5.74, 6) is -1.82. The molecule has 0 unspecified atom stereocenters. The van der Waals surface area contributed by atoms with Crippen LogP contribution in [0.3, 0.4) is 0 Å². The molecular formula is C7H13NO4. The molecule has 0 aliphatic heterocycles. The van der Waals surface area contributed by atoms with E-state index in [0.717, 1.165) is 0 Å². The number of ether oxygens (including phenoxy) is 1. The Hall–Kier alpha value is -1.10. The molecular weight excluding hydrogens is 162 g/mol. The molecule has 5 nitrogen and oxygen atoms in total. The molecule has 70 valence electrons. The summed E-state index contributed by atoms with van der Waals surface area (Å²) in [6, 6.07) is 0. The molecule has 0 aromatic rings. The highest BCUT2D eigenvalue weighted by Crippen LogP contribution is 1.84. The Morgan fingerprint density at radius 2 is 2.00 bits per heavy atom. The van der Waals surface area contributed by atoms with Crippen molar-refractivity contribution in [2.45, 2.75) is 26.9 Å². The Morgan fingerprint density at radius 1 is 1.42 bits per heavy atom. The first-order chi connectivity index (χ1) is 5.57. The number of hydrogen-bond donors (Lipinski definition) is 1. The molecule has 0 aliphatic carbocycles. The number of amides is 1. The summed E-state index contributed by atoms with van der Waals surface area (Å²) in [5.41, 5.74) is 1.95. The highest BCUT2D eigenvalue weighted by Gasteiger charge is 2.14. The van der Waals surface area contributed by atoms with E-state index in [9.17, 15) is 9.59 Å². The van der Waals surface area contributed by atoms with E-state index in [2.05, 4.69) is 9.57 Å². The molecule has 0 spiro atoms. The van der Waals surface area contributed by atoms with Gasteiger partial charge in [-0.1, -0.05) is 0 Å². The lowest BCUT2D eigenvalue weighted by atomic mass is 10.5. The first-order valence-electron chi connectivity index (χ1n) is 3.70. The van der Waals surface area contributed by atoms with Crippen molar-refractivity contribution in [3.05, 3.63) is 0 Å². The molecule has 0 aromatic carbocycles. The lowest BCUT2D eigenvalue weighted by Crippen LogP contribution is -2.34. The minimum atomic E-state index is -0.932. The summed E-state index contributed by atoms with van der Waals surface area (Å²) in [4.78, 5) is 26.0. The van der Waals surface area contributed by atoms with Gasteiger partial charge >= 0.3 is 11.9 Å². The van der Waals surface area contributed by atoms with E-state index in [0.29, 0.717) is 0 Å². The first-order valence-corrected chi connectivity index (χ1v) is 3.70. The third kappa shape index (κ3) is 4.68. The van der Waals surface area contributed by atoms with Crippen LogP contribution in [0, 0.1) is 0 Å². The Labute approximate surface area is 71.0 Å². The average molecular weight is 175 g/mol. The van der Waals surface area contributed by atoms with Crippen LogP contribution in [-0.2, 0) is 19.2 Å². The zero-order chi connectivity index (χ0) is 9.56. The van der Waals surface area contributed by atoms with E-state index >= 15 is 0 Å². The Morgan fingerprint density at radius 3 is 2.42 bits per heavy atom. The molecule has 0 atom stereocenters. The van der Waals surface area contributed by atoms with Crippen molar-refractivity contribution in [3.8, 4) is 0 Å². The van der Waals surface area contributed by atoms with Crippen LogP contribution < -0.4 is 5.48 Å². The van der Waals surface area contributed by atoms with Gasteiger partial charge in [0.05, 0.1) is 12.7 Å². The molecule has 0 aromatic heterocycles. The third-order valence-electron chi connectivity index (χ3n) is 0.848. The average Bonchev–Trinajstić information content (AvgIpc) is 2.00. The maximum absolute atomic E-state index is 10.7. The van der Waals surface area contributed by atoms with E-state index in [4.69, 9.17) is 0 Å². The smallest absolute Gasteiger partial charge is 0.399 e. The summed E-state index contributed by atoms with van der Waals surface area (Å²) < 4.78 is 4.40. The molecule has 0 saturated heterocycles. The van der Waals surface area contributed by atoms with Crippen LogP contribution in [0.15, 0.2) is 0 Å². The standard InChI is InChI=1S/C7H13NO4/c1-4-11-7(10)6(9)8-12-5(2)3/h5H,4H2,1-3H3,(H,8,9). The second-order valence-corrected chi connectivity index (χ2v) is 2.32. The maximum atomic E-state index is 10.7. The molecule has 0 saturated carbocycles. The fourth-order valence-electron chi connectivity index (χ4n) is 0.410. The van der Waals surface area contributed by atoms with Crippen molar-refractivity contribution in [2.75, 3.05) is 6.61 Å². The van der Waals surface area contributed by atoms with E-state index in [1.165, 1.54) is 0 Å². The van der Waals surface area contributed by atoms with Gasteiger partial charge in [-0.15, -0.1) is 0 Å². The zero-order valence-corrected chi connectivity index (χ0v) is 7.42. The zero-order valence-electron chi connectivity index (χ0n) is 7.42. The van der Waals surface area contributed by atoms with Gasteiger partial charge in [0.25, 0.3) is 0 Å². The molecule has 0 bridgehead atoms. The fourth-order valence-corrected chi connectivity index (χ4v) is 0.410. The van der Waals surface area contributed by atoms with E-state index in [1.807, 2.05) is 5.48 Å². The predicted molar refractivity (Wildman–Crippen MR) is 41.0 cm³/mol. The monoisotopic (exact) mass is 175 g/mol. The highest BCUT2D eigenvalue weighted by atomic mass is 16.7. The van der Waals surface area contributed by atoms with Crippen molar-refractivity contribution in [1.82, 2.24) is 5.48 Å². The van der Waals surface area contributed by atoms with Gasteiger partial charge in [-0.05, 0) is 20.8 Å². The normalized spacial score (nSPS) is 9.67. The quantitative estimate of drug-likeness (QED) is 0.372. The number of carbonyl (C=O) groups is 2. The lowest BCUT2D eigenvalue weighted by molar-refractivity contribution is -0.162. The van der Waals surface area contributed by atoms with E-state index in [1.54, 1.807) is 20.8 Å². The summed E-state index contributed by atoms with van der Waals surface area (Å²) >= 11 is 0. The van der Waals surface area contributed by atoms with Crippen LogP contribution >= 0.6 is 0 Å². The van der Waals surface area contributed by atoms with Crippen molar-refractivity contribution >= 4 is 11.9 Å². The summed E-state index contributed by atoms with van der Waals surface area (Å²) in [5, 5.41) is 0. The van der Waals surface area contributed by atoms with Crippen LogP contribution in [0.25, 0.3) is 0 Å². The number of esters is 1. The maximum Gasteiger partial charge on any atom is 0.399 e. The van der Waals surface area contributed by atoms with Gasteiger partial charge in [0.15, 0.2) is 0 Å². The van der Waals surface area contributed by atoms with Crippen molar-refractivity contribution < 1.29 is 19.2 Å². The fraction of sp³-hybridized carbons (Fsp3) is 0.714. The summed E-state index contributed by atoms with van der Waals surface area (Å²) in [6.45, 7) is 5.25. The second-order valence-electron chi connectivity index (χ2n) is 2.32. The molecule has 5 heteroatoms. The largest absolute Gasteiger partial charge is 0.459 e. The van der Waals surface area contributed by atoms with Crippen LogP contribution in [0.2, 0.25) is 0 Å². The second kappa shape index (κ2) is 5.54. The summed E-state index contributed by atoms with van der Waals surface area (Å²) in [6.07, 6.45) is -0.164. The highest BCUT2D eigenvalue weighted by molar-refractivity contribution is 6.32. The van der Waals surface area contributed by atoms with Gasteiger partial charge in [0, 0.05) is 0 Å². The summed E-state index contributed by atoms with van der Waals surface area (Å²) in [7, 11) is 0. The van der Waals surface area contributed by atoms with Gasteiger partial charge in [0.2, 0.25) is 0 Å². The number of carbonyl (C=O) groups excluding carboxylic acids is 2. The molecule has 0 fully saturated rings. The minimum Gasteiger partial charge on any atom is -0.459 e. The number of nitrogens with one attached hydrogen (secondary N) is 1. The molecule has 0 rings (SSSR count). The Balaban J connectivity index is 3.65. The van der Waals surface area contributed by atoms with Gasteiger partial charge < -0.3 is 4.74 Å². The van der Waals surface area contributed by atoms with Crippen molar-refractivity contribution in [3.63, 3.8) is 0 Å². The van der Waals surface area contributed by atoms with Gasteiger partial charge in [-0.25, -0.2) is 10.3 Å². The number of hydrogen-bond acceptors (Lipinski definition) is 4.